The predicted molar refractivity (Wildman–Crippen MR) is 69.3 cm³/mol. The number of carboxylic acid groups (broad SMARTS) is 1. The van der Waals surface area contributed by atoms with E-state index in [2.05, 4.69) is 0 Å². The maximum Gasteiger partial charge on any atom is 0.344 e. The van der Waals surface area contributed by atoms with Gasteiger partial charge in [-0.15, -0.1) is 0 Å². The molecular weight excluding hydrogens is 246 g/mol. The minimum absolute atomic E-state index is 0.338. The first-order valence-electron chi connectivity index (χ1n) is 6.10. The van der Waals surface area contributed by atoms with Gasteiger partial charge >= 0.3 is 5.97 Å². The summed E-state index contributed by atoms with van der Waals surface area (Å²) in [7, 11) is 1.45. The summed E-state index contributed by atoms with van der Waals surface area (Å²) in [6, 6.07) is 6.63. The molecule has 5 nitrogen and oxygen atoms in total. The van der Waals surface area contributed by atoms with E-state index in [4.69, 9.17) is 19.8 Å². The molecule has 0 aliphatic rings. The van der Waals surface area contributed by atoms with E-state index in [0.717, 1.165) is 12.8 Å². The maximum atomic E-state index is 11.1. The quantitative estimate of drug-likeness (QED) is 0.817. The molecule has 1 atom stereocenters. The molecule has 0 radical (unpaired) electrons. The van der Waals surface area contributed by atoms with Crippen molar-refractivity contribution in [1.82, 2.24) is 0 Å². The lowest BCUT2D eigenvalue weighted by Crippen LogP contribution is -2.27. The van der Waals surface area contributed by atoms with Crippen LogP contribution in [0.2, 0.25) is 0 Å². The van der Waals surface area contributed by atoms with Crippen LogP contribution in [0.25, 0.3) is 0 Å². The van der Waals surface area contributed by atoms with Crippen molar-refractivity contribution in [2.24, 2.45) is 0 Å². The fourth-order valence-corrected chi connectivity index (χ4v) is 1.61. The Bertz CT molecular complexity index is 479. The number of methoxy groups -OCH3 is 1. The SMILES string of the molecule is CCCCC(Oc1ccc(C#N)cc1OC)C(=O)O. The zero-order valence-corrected chi connectivity index (χ0v) is 11.0. The molecular formula is C14H17NO4. The van der Waals surface area contributed by atoms with E-state index >= 15 is 0 Å². The highest BCUT2D eigenvalue weighted by molar-refractivity contribution is 5.72. The average Bonchev–Trinajstić information content (AvgIpc) is 2.43. The van der Waals surface area contributed by atoms with Crippen LogP contribution in [0.5, 0.6) is 11.5 Å². The van der Waals surface area contributed by atoms with E-state index in [0.29, 0.717) is 23.5 Å². The second kappa shape index (κ2) is 7.27. The van der Waals surface area contributed by atoms with Gasteiger partial charge in [-0.05, 0) is 25.0 Å². The van der Waals surface area contributed by atoms with Gasteiger partial charge in [-0.2, -0.15) is 5.26 Å². The van der Waals surface area contributed by atoms with Gasteiger partial charge in [0.2, 0.25) is 0 Å². The number of nitrogens with zero attached hydrogens (tertiary/aromatic N) is 1. The van der Waals surface area contributed by atoms with Gasteiger partial charge in [0.25, 0.3) is 0 Å². The van der Waals surface area contributed by atoms with Crippen molar-refractivity contribution in [3.63, 3.8) is 0 Å². The molecule has 0 fully saturated rings. The first-order chi connectivity index (χ1) is 9.12. The Morgan fingerprint density at radius 2 is 2.21 bits per heavy atom. The van der Waals surface area contributed by atoms with Gasteiger partial charge in [-0.1, -0.05) is 13.3 Å². The largest absolute Gasteiger partial charge is 0.493 e. The van der Waals surface area contributed by atoms with E-state index < -0.39 is 12.1 Å². The molecule has 0 aromatic heterocycles. The van der Waals surface area contributed by atoms with Crippen LogP contribution in [0.1, 0.15) is 31.7 Å². The molecule has 0 amide bonds. The Hall–Kier alpha value is -2.22. The van der Waals surface area contributed by atoms with Crippen LogP contribution in [0.15, 0.2) is 18.2 Å². The molecule has 102 valence electrons. The third kappa shape index (κ3) is 4.18. The van der Waals surface area contributed by atoms with Gasteiger partial charge in [0.1, 0.15) is 0 Å². The zero-order valence-electron chi connectivity index (χ0n) is 11.0. The van der Waals surface area contributed by atoms with E-state index in [1.165, 1.54) is 13.2 Å². The molecule has 1 aromatic carbocycles. The molecule has 0 aliphatic carbocycles. The number of hydrogen-bond acceptors (Lipinski definition) is 4. The Morgan fingerprint density at radius 3 is 2.74 bits per heavy atom. The highest BCUT2D eigenvalue weighted by Crippen LogP contribution is 2.29. The molecule has 1 N–H and O–H groups in total. The predicted octanol–water partition coefficient (Wildman–Crippen LogP) is 2.59. The molecule has 1 rings (SSSR count). The van der Waals surface area contributed by atoms with Crippen LogP contribution in [0.4, 0.5) is 0 Å². The molecule has 1 unspecified atom stereocenters. The fourth-order valence-electron chi connectivity index (χ4n) is 1.61. The Balaban J connectivity index is 2.89. The monoisotopic (exact) mass is 263 g/mol. The summed E-state index contributed by atoms with van der Waals surface area (Å²) in [4.78, 5) is 11.1. The number of ether oxygens (including phenoxy) is 2. The van der Waals surface area contributed by atoms with Crippen LogP contribution in [-0.2, 0) is 4.79 Å². The minimum atomic E-state index is -1.00. The van der Waals surface area contributed by atoms with Gasteiger partial charge < -0.3 is 14.6 Å². The molecule has 0 saturated heterocycles. The number of carboxylic acids is 1. The second-order valence-electron chi connectivity index (χ2n) is 4.06. The molecule has 0 spiro atoms. The Kier molecular flexibility index (Phi) is 5.68. The summed E-state index contributed by atoms with van der Waals surface area (Å²) in [5.41, 5.74) is 0.435. The van der Waals surface area contributed by atoms with Crippen LogP contribution in [0, 0.1) is 11.3 Å². The van der Waals surface area contributed by atoms with Crippen molar-refractivity contribution < 1.29 is 19.4 Å². The van der Waals surface area contributed by atoms with Gasteiger partial charge in [-0.25, -0.2) is 4.79 Å². The van der Waals surface area contributed by atoms with E-state index in [1.54, 1.807) is 12.1 Å². The smallest absolute Gasteiger partial charge is 0.344 e. The summed E-state index contributed by atoms with van der Waals surface area (Å²) in [5.74, 6) is -0.299. The topological polar surface area (TPSA) is 79.5 Å². The number of aliphatic carboxylic acids is 1. The third-order valence-corrected chi connectivity index (χ3v) is 2.66. The number of benzene rings is 1. The highest BCUT2D eigenvalue weighted by Gasteiger charge is 2.20. The normalized spacial score (nSPS) is 11.4. The van der Waals surface area contributed by atoms with Crippen molar-refractivity contribution in [3.05, 3.63) is 23.8 Å². The molecule has 0 heterocycles. The van der Waals surface area contributed by atoms with E-state index in [1.807, 2.05) is 13.0 Å². The maximum absolute atomic E-state index is 11.1. The highest BCUT2D eigenvalue weighted by atomic mass is 16.5. The van der Waals surface area contributed by atoms with Crippen LogP contribution in [-0.4, -0.2) is 24.3 Å². The first-order valence-corrected chi connectivity index (χ1v) is 6.10. The average molecular weight is 263 g/mol. The molecule has 5 heteroatoms. The summed E-state index contributed by atoms with van der Waals surface area (Å²) in [6.07, 6.45) is 1.21. The van der Waals surface area contributed by atoms with E-state index in [9.17, 15) is 4.79 Å². The van der Waals surface area contributed by atoms with Crippen LogP contribution in [0.3, 0.4) is 0 Å². The second-order valence-corrected chi connectivity index (χ2v) is 4.06. The molecule has 0 aliphatic heterocycles. The van der Waals surface area contributed by atoms with Gasteiger partial charge in [-0.3, -0.25) is 0 Å². The standard InChI is InChI=1S/C14H17NO4/c1-3-4-5-12(14(16)17)19-11-7-6-10(9-15)8-13(11)18-2/h6-8,12H,3-5H2,1-2H3,(H,16,17). The zero-order chi connectivity index (χ0) is 14.3. The van der Waals surface area contributed by atoms with Crippen molar-refractivity contribution >= 4 is 5.97 Å². The van der Waals surface area contributed by atoms with Crippen molar-refractivity contribution in [2.75, 3.05) is 7.11 Å². The number of carbonyl (C=O) groups is 1. The summed E-state index contributed by atoms with van der Waals surface area (Å²) in [5, 5.41) is 17.9. The third-order valence-electron chi connectivity index (χ3n) is 2.66. The van der Waals surface area contributed by atoms with Gasteiger partial charge in [0.15, 0.2) is 17.6 Å². The molecule has 1 aromatic rings. The number of unbranched alkanes of at least 4 members (excludes halogenated alkanes) is 1. The number of nitriles is 1. The number of rotatable bonds is 7. The molecule has 19 heavy (non-hydrogen) atoms. The van der Waals surface area contributed by atoms with Gasteiger partial charge in [0.05, 0.1) is 18.7 Å². The number of hydrogen-bond donors (Lipinski definition) is 1. The Labute approximate surface area is 112 Å². The lowest BCUT2D eigenvalue weighted by atomic mass is 10.1. The lowest BCUT2D eigenvalue weighted by molar-refractivity contribution is -0.145. The molecule has 0 bridgehead atoms. The first kappa shape index (κ1) is 14.8. The molecule has 0 saturated carbocycles. The Morgan fingerprint density at radius 1 is 1.47 bits per heavy atom. The van der Waals surface area contributed by atoms with Crippen LogP contribution < -0.4 is 9.47 Å². The van der Waals surface area contributed by atoms with Crippen LogP contribution >= 0.6 is 0 Å². The summed E-state index contributed by atoms with van der Waals surface area (Å²) < 4.78 is 10.6. The summed E-state index contributed by atoms with van der Waals surface area (Å²) >= 11 is 0. The van der Waals surface area contributed by atoms with E-state index in [-0.39, 0.29) is 0 Å². The minimum Gasteiger partial charge on any atom is -0.493 e. The summed E-state index contributed by atoms with van der Waals surface area (Å²) in [6.45, 7) is 1.99. The van der Waals surface area contributed by atoms with Crippen molar-refractivity contribution in [3.8, 4) is 17.6 Å². The van der Waals surface area contributed by atoms with Crippen molar-refractivity contribution in [1.29, 1.82) is 5.26 Å². The fraction of sp³-hybridized carbons (Fsp3) is 0.429. The van der Waals surface area contributed by atoms with Crippen molar-refractivity contribution in [2.45, 2.75) is 32.3 Å². The lowest BCUT2D eigenvalue weighted by Gasteiger charge is -2.17. The van der Waals surface area contributed by atoms with Gasteiger partial charge in [0, 0.05) is 6.07 Å².